The predicted octanol–water partition coefficient (Wildman–Crippen LogP) is 10.2. The topological polar surface area (TPSA) is 147 Å². The number of allylic oxidation sites excluding steroid dienone is 7. The third kappa shape index (κ3) is 10.4. The summed E-state index contributed by atoms with van der Waals surface area (Å²) in [6.07, 6.45) is 18.5. The smallest absolute Gasteiger partial charge is 0.209 e. The van der Waals surface area contributed by atoms with Crippen molar-refractivity contribution in [2.75, 3.05) is 73.4 Å². The zero-order valence-electron chi connectivity index (χ0n) is 45.7. The molecule has 0 amide bonds. The van der Waals surface area contributed by atoms with Crippen LogP contribution in [0.2, 0.25) is 0 Å². The number of hydrogen-bond acceptors (Lipinski definition) is 9. The van der Waals surface area contributed by atoms with Crippen molar-refractivity contribution in [3.63, 3.8) is 0 Å². The highest BCUT2D eigenvalue weighted by atomic mass is 32.2. The first-order valence-corrected chi connectivity index (χ1v) is 29.7. The lowest BCUT2D eigenvalue weighted by Gasteiger charge is -2.48. The van der Waals surface area contributed by atoms with E-state index in [1.54, 1.807) is 24.3 Å². The van der Waals surface area contributed by atoms with Gasteiger partial charge in [-0.15, -0.1) is 0 Å². The number of nitrogens with zero attached hydrogens (tertiary/aromatic N) is 4. The third-order valence-corrected chi connectivity index (χ3v) is 19.4. The fourth-order valence-corrected chi connectivity index (χ4v) is 14.7. The van der Waals surface area contributed by atoms with E-state index in [0.717, 1.165) is 143 Å². The van der Waals surface area contributed by atoms with E-state index in [1.807, 2.05) is 0 Å². The van der Waals surface area contributed by atoms with Gasteiger partial charge in [0, 0.05) is 59.3 Å². The Morgan fingerprint density at radius 2 is 1.42 bits per heavy atom. The Morgan fingerprint density at radius 1 is 0.743 bits per heavy atom. The van der Waals surface area contributed by atoms with E-state index in [4.69, 9.17) is 4.74 Å². The number of carbonyl (C=O) groups excluding carboxylic acids is 1. The first kappa shape index (κ1) is 54.1. The van der Waals surface area contributed by atoms with Crippen LogP contribution in [0.15, 0.2) is 111 Å². The minimum Gasteiger partial charge on any atom is -0.744 e. The average molecular weight is 1050 g/mol. The number of fused-ring (bicyclic) bond motifs is 7. The van der Waals surface area contributed by atoms with Gasteiger partial charge in [-0.2, -0.15) is 4.58 Å². The number of hydrogen-bond donors (Lipinski definition) is 0. The summed E-state index contributed by atoms with van der Waals surface area (Å²) in [5.41, 5.74) is 8.72. The Balaban J connectivity index is 1.14. The van der Waals surface area contributed by atoms with E-state index in [1.165, 1.54) is 23.3 Å². The molecule has 14 heteroatoms. The molecule has 3 aromatic carbocycles. The molecule has 4 atom stereocenters. The summed E-state index contributed by atoms with van der Waals surface area (Å²) in [4.78, 5) is 14.9. The summed E-state index contributed by atoms with van der Waals surface area (Å²) < 4.78 is 85.2. The maximum Gasteiger partial charge on any atom is 0.209 e. The molecule has 2 fully saturated rings. The summed E-state index contributed by atoms with van der Waals surface area (Å²) in [6, 6.07) is 16.2. The van der Waals surface area contributed by atoms with Gasteiger partial charge in [0.25, 0.3) is 0 Å². The van der Waals surface area contributed by atoms with Crippen molar-refractivity contribution >= 4 is 43.1 Å². The lowest BCUT2D eigenvalue weighted by molar-refractivity contribution is -0.871. The van der Waals surface area contributed by atoms with Crippen molar-refractivity contribution in [3.8, 4) is 5.75 Å². The quantitative estimate of drug-likeness (QED) is 0.0824. The molecule has 0 aromatic heterocycles. The Kier molecular flexibility index (Phi) is 14.2. The number of Topliss-reactive ketones (excluding diaryl/α,β-unsaturated/α-hetero) is 1. The maximum atomic E-state index is 13.1. The summed E-state index contributed by atoms with van der Waals surface area (Å²) in [5, 5.41) is 0. The molecule has 3 aromatic rings. The first-order chi connectivity index (χ1) is 34.5. The highest BCUT2D eigenvalue weighted by Gasteiger charge is 2.54. The molecule has 4 aliphatic carbocycles. The third-order valence-electron chi connectivity index (χ3n) is 17.7. The Morgan fingerprint density at radius 3 is 2.11 bits per heavy atom. The molecule has 0 radical (unpaired) electrons. The number of benzene rings is 3. The minimum absolute atomic E-state index is 0.186. The van der Waals surface area contributed by atoms with Crippen molar-refractivity contribution < 1.29 is 49.0 Å². The van der Waals surface area contributed by atoms with Crippen LogP contribution >= 0.6 is 0 Å². The molecular weight excluding hydrogens is 969 g/mol. The number of anilines is 1. The zero-order chi connectivity index (χ0) is 53.6. The van der Waals surface area contributed by atoms with Crippen LogP contribution in [0.4, 0.5) is 11.4 Å². The molecule has 398 valence electrons. The second-order valence-electron chi connectivity index (χ2n) is 25.5. The van der Waals surface area contributed by atoms with Crippen LogP contribution in [0.5, 0.6) is 5.75 Å². The average Bonchev–Trinajstić information content (AvgIpc) is 3.81. The van der Waals surface area contributed by atoms with Crippen molar-refractivity contribution in [2.24, 2.45) is 17.3 Å². The fraction of sp³-hybridized carbons (Fsp3) is 0.533. The van der Waals surface area contributed by atoms with Gasteiger partial charge in [0.2, 0.25) is 5.69 Å². The largest absolute Gasteiger partial charge is 0.744 e. The second kappa shape index (κ2) is 19.4. The van der Waals surface area contributed by atoms with Gasteiger partial charge in [0.15, 0.2) is 12.3 Å². The summed E-state index contributed by atoms with van der Waals surface area (Å²) in [7, 11) is 3.68. The van der Waals surface area contributed by atoms with Crippen LogP contribution in [-0.4, -0.2) is 119 Å². The van der Waals surface area contributed by atoms with Gasteiger partial charge in [-0.3, -0.25) is 4.79 Å². The summed E-state index contributed by atoms with van der Waals surface area (Å²) in [6.45, 7) is 13.9. The molecule has 0 spiro atoms. The van der Waals surface area contributed by atoms with E-state index < -0.39 is 31.1 Å². The maximum absolute atomic E-state index is 13.1. The lowest BCUT2D eigenvalue weighted by atomic mass is 9.55. The Labute approximate surface area is 441 Å². The van der Waals surface area contributed by atoms with Gasteiger partial charge in [0.1, 0.15) is 37.5 Å². The zero-order valence-corrected chi connectivity index (χ0v) is 47.3. The lowest BCUT2D eigenvalue weighted by Crippen LogP contribution is -2.42. The number of ketones is 1. The van der Waals surface area contributed by atoms with Gasteiger partial charge in [-0.05, 0) is 165 Å². The minimum atomic E-state index is -4.68. The molecular formula is C60H79N4O8S2+. The summed E-state index contributed by atoms with van der Waals surface area (Å²) in [5.74, 6) is 3.41. The molecule has 0 saturated heterocycles. The van der Waals surface area contributed by atoms with Crippen molar-refractivity contribution in [1.82, 2.24) is 0 Å². The van der Waals surface area contributed by atoms with E-state index in [-0.39, 0.29) is 15.2 Å². The molecule has 2 saturated carbocycles. The van der Waals surface area contributed by atoms with Crippen LogP contribution in [-0.2, 0) is 42.3 Å². The predicted molar refractivity (Wildman–Crippen MR) is 290 cm³/mol. The van der Waals surface area contributed by atoms with Gasteiger partial charge in [-0.25, -0.2) is 16.8 Å². The van der Waals surface area contributed by atoms with Crippen LogP contribution in [0.1, 0.15) is 127 Å². The molecule has 12 nitrogen and oxygen atoms in total. The first-order valence-electron chi connectivity index (χ1n) is 26.9. The van der Waals surface area contributed by atoms with E-state index in [9.17, 15) is 30.7 Å². The molecule has 74 heavy (non-hydrogen) atoms. The Bertz CT molecular complexity index is 3170. The standard InChI is InChI=1S/C60H79N4O8S2/c1-58(2)50-38-44(73(66,67)68)21-26-52(50)61(33-13-35-63(6,7)8)54(58)28-18-40-15-12-16-41(19-29-55-59(3,4)51-39-45(74(69,70)71)22-27-53(51)62(55)34-14-36-64(9,10)11)57(40)72-43-20-24-46-42(37-43)17-23-48-47(46)31-32-60(5)49(48)25-30-56(60)65/h18-22,24,26-29,37-39,47-49H,12-17,23,25,30-36H2,1-11H3/q+1. The molecule has 9 rings (SSSR count). The SMILES string of the molecule is CC1(C)C(/C=C/C2=C(Oc3ccc4c(c3)CCC3C4CCC4(C)C(=O)CCC34)C(=C/C=C3/N(CCC[N+](C)(C)C)c4ccc(S(=O)(=O)[O-])cc4C3(C)C)/CCC2)=[N+](CCC[N+](C)(C)C)c2ccc(S(=O)(=O)[O-])cc21. The van der Waals surface area contributed by atoms with Crippen molar-refractivity contribution in [3.05, 3.63) is 124 Å². The fourth-order valence-electron chi connectivity index (χ4n) is 13.7. The molecule has 6 aliphatic rings. The van der Waals surface area contributed by atoms with Gasteiger partial charge in [-0.1, -0.05) is 32.9 Å². The molecule has 2 aliphatic heterocycles. The van der Waals surface area contributed by atoms with Crippen LogP contribution in [0.25, 0.3) is 0 Å². The highest BCUT2D eigenvalue weighted by molar-refractivity contribution is 7.86. The summed E-state index contributed by atoms with van der Waals surface area (Å²) >= 11 is 0. The van der Waals surface area contributed by atoms with E-state index in [2.05, 4.69) is 129 Å². The van der Waals surface area contributed by atoms with Crippen molar-refractivity contribution in [2.45, 2.75) is 132 Å². The van der Waals surface area contributed by atoms with E-state index >= 15 is 0 Å². The van der Waals surface area contributed by atoms with Crippen LogP contribution < -0.4 is 9.64 Å². The number of quaternary nitrogens is 2. The molecule has 2 heterocycles. The number of carbonyl (C=O) groups is 1. The molecule has 0 N–H and O–H groups in total. The number of ether oxygens (including phenoxy) is 1. The highest BCUT2D eigenvalue weighted by Crippen LogP contribution is 2.60. The van der Waals surface area contributed by atoms with Gasteiger partial charge < -0.3 is 27.7 Å². The van der Waals surface area contributed by atoms with E-state index in [0.29, 0.717) is 43.0 Å². The molecule has 0 bridgehead atoms. The van der Waals surface area contributed by atoms with Gasteiger partial charge >= 0.3 is 0 Å². The normalized spacial score (nSPS) is 25.7. The van der Waals surface area contributed by atoms with Gasteiger partial charge in [0.05, 0.1) is 77.0 Å². The van der Waals surface area contributed by atoms with Crippen LogP contribution in [0, 0.1) is 17.3 Å². The van der Waals surface area contributed by atoms with Crippen LogP contribution in [0.3, 0.4) is 0 Å². The monoisotopic (exact) mass is 1050 g/mol. The number of aryl methyl sites for hydroxylation is 1. The van der Waals surface area contributed by atoms with Crippen molar-refractivity contribution in [1.29, 1.82) is 0 Å². The number of rotatable bonds is 15. The molecule has 4 unspecified atom stereocenters. The second-order valence-corrected chi connectivity index (χ2v) is 28.3. The Hall–Kier alpha value is -4.70.